The van der Waals surface area contributed by atoms with Crippen molar-refractivity contribution in [3.05, 3.63) is 88.1 Å². The lowest BCUT2D eigenvalue weighted by Gasteiger charge is -2.21. The Morgan fingerprint density at radius 1 is 0.844 bits per heavy atom. The van der Waals surface area contributed by atoms with Gasteiger partial charge in [-0.2, -0.15) is 0 Å². The Morgan fingerprint density at radius 3 is 2.12 bits per heavy atom. The van der Waals surface area contributed by atoms with Crippen LogP contribution < -0.4 is 5.32 Å². The Kier molecular flexibility index (Phi) is 9.05. The summed E-state index contributed by atoms with van der Waals surface area (Å²) in [6.45, 7) is 12.0. The van der Waals surface area contributed by atoms with Crippen molar-refractivity contribution in [2.75, 3.05) is 0 Å². The lowest BCUT2D eigenvalue weighted by atomic mass is 9.93. The number of nitrogens with one attached hydrogen (secondary N) is 1. The summed E-state index contributed by atoms with van der Waals surface area (Å²) in [6, 6.07) is 20.2. The number of rotatable bonds is 11. The number of nitrogens with zero attached hydrogens (tertiary/aromatic N) is 1. The summed E-state index contributed by atoms with van der Waals surface area (Å²) in [5, 5.41) is 3.86. The molecule has 2 aromatic carbocycles. The van der Waals surface area contributed by atoms with Crippen LogP contribution in [0.2, 0.25) is 0 Å². The van der Waals surface area contributed by atoms with Gasteiger partial charge in [-0.25, -0.2) is 0 Å². The highest BCUT2D eigenvalue weighted by molar-refractivity contribution is 5.69. The van der Waals surface area contributed by atoms with E-state index in [4.69, 9.17) is 4.98 Å². The van der Waals surface area contributed by atoms with E-state index in [1.165, 1.54) is 59.1 Å². The van der Waals surface area contributed by atoms with E-state index in [-0.39, 0.29) is 0 Å². The number of aryl methyl sites for hydroxylation is 4. The quantitative estimate of drug-likeness (QED) is 0.314. The van der Waals surface area contributed by atoms with Crippen molar-refractivity contribution >= 4 is 0 Å². The number of unbranched alkanes of at least 4 members (excludes halogenated alkanes) is 2. The predicted molar refractivity (Wildman–Crippen MR) is 138 cm³/mol. The van der Waals surface area contributed by atoms with Crippen LogP contribution in [-0.2, 0) is 19.4 Å². The molecule has 0 saturated heterocycles. The van der Waals surface area contributed by atoms with E-state index in [1.54, 1.807) is 0 Å². The number of pyridine rings is 1. The summed E-state index contributed by atoms with van der Waals surface area (Å²) in [6.07, 6.45) is 7.03. The highest BCUT2D eigenvalue weighted by Crippen LogP contribution is 2.30. The van der Waals surface area contributed by atoms with Crippen molar-refractivity contribution in [2.45, 2.75) is 85.7 Å². The number of hydrogen-bond acceptors (Lipinski definition) is 2. The van der Waals surface area contributed by atoms with Crippen molar-refractivity contribution in [3.8, 4) is 11.3 Å². The first kappa shape index (κ1) is 24.2. The first-order valence-electron chi connectivity index (χ1n) is 12.5. The number of aromatic nitrogens is 1. The summed E-state index contributed by atoms with van der Waals surface area (Å²) in [4.78, 5) is 5.11. The van der Waals surface area contributed by atoms with E-state index in [2.05, 4.69) is 94.5 Å². The van der Waals surface area contributed by atoms with E-state index in [0.717, 1.165) is 30.8 Å². The normalized spacial score (nSPS) is 12.2. The third kappa shape index (κ3) is 5.86. The Bertz CT molecular complexity index is 946. The van der Waals surface area contributed by atoms with Gasteiger partial charge in [0.1, 0.15) is 0 Å². The van der Waals surface area contributed by atoms with Crippen LogP contribution in [0.4, 0.5) is 0 Å². The second-order valence-electron chi connectivity index (χ2n) is 8.89. The van der Waals surface area contributed by atoms with Gasteiger partial charge in [-0.1, -0.05) is 88.6 Å². The third-order valence-corrected chi connectivity index (χ3v) is 6.63. The maximum atomic E-state index is 5.11. The summed E-state index contributed by atoms with van der Waals surface area (Å²) < 4.78 is 0. The molecule has 0 saturated carbocycles. The molecule has 0 aliphatic heterocycles. The molecule has 0 radical (unpaired) electrons. The van der Waals surface area contributed by atoms with Crippen molar-refractivity contribution in [2.24, 2.45) is 0 Å². The number of hydrogen-bond donors (Lipinski definition) is 1. The van der Waals surface area contributed by atoms with Gasteiger partial charge in [0.15, 0.2) is 0 Å². The molecule has 1 N–H and O–H groups in total. The third-order valence-electron chi connectivity index (χ3n) is 6.63. The van der Waals surface area contributed by atoms with E-state index >= 15 is 0 Å². The second kappa shape index (κ2) is 12.0. The van der Waals surface area contributed by atoms with Gasteiger partial charge in [0.05, 0.1) is 5.69 Å². The summed E-state index contributed by atoms with van der Waals surface area (Å²) in [5.41, 5.74) is 10.4. The molecule has 0 aliphatic carbocycles. The highest BCUT2D eigenvalue weighted by atomic mass is 14.9. The zero-order chi connectivity index (χ0) is 22.9. The minimum atomic E-state index is 0.383. The Balaban J connectivity index is 1.85. The van der Waals surface area contributed by atoms with Gasteiger partial charge in [0.25, 0.3) is 0 Å². The van der Waals surface area contributed by atoms with E-state index in [9.17, 15) is 0 Å². The van der Waals surface area contributed by atoms with Crippen molar-refractivity contribution in [1.29, 1.82) is 0 Å². The van der Waals surface area contributed by atoms with Gasteiger partial charge < -0.3 is 5.32 Å². The van der Waals surface area contributed by atoms with E-state index in [0.29, 0.717) is 6.04 Å². The highest BCUT2D eigenvalue weighted by Gasteiger charge is 2.16. The summed E-state index contributed by atoms with van der Waals surface area (Å²) in [7, 11) is 0. The van der Waals surface area contributed by atoms with Crippen LogP contribution in [-0.4, -0.2) is 4.98 Å². The topological polar surface area (TPSA) is 24.9 Å². The Labute approximate surface area is 195 Å². The van der Waals surface area contributed by atoms with Crippen molar-refractivity contribution in [3.63, 3.8) is 0 Å². The largest absolute Gasteiger partial charge is 0.306 e. The molecule has 0 spiro atoms. The Hall–Kier alpha value is -2.45. The average Bonchev–Trinajstić information content (AvgIpc) is 2.82. The molecular weight excluding hydrogens is 388 g/mol. The average molecular weight is 429 g/mol. The van der Waals surface area contributed by atoms with Gasteiger partial charge in [0, 0.05) is 23.8 Å². The fourth-order valence-corrected chi connectivity index (χ4v) is 4.72. The Morgan fingerprint density at radius 2 is 1.53 bits per heavy atom. The standard InChI is InChI=1S/C30H40N2/c1-6-9-11-19-28(26-15-12-10-13-16-26)31-21-27-22(4)20-29(32-23(27)5)30-24(7-2)17-14-18-25(30)8-3/h10,12-18,20,28,31H,6-9,11,19,21H2,1-5H3. The smallest absolute Gasteiger partial charge is 0.0713 e. The van der Waals surface area contributed by atoms with Gasteiger partial charge in [-0.3, -0.25) is 4.98 Å². The van der Waals surface area contributed by atoms with E-state index < -0.39 is 0 Å². The molecule has 0 bridgehead atoms. The predicted octanol–water partition coefficient (Wildman–Crippen LogP) is 7.90. The molecule has 1 atom stereocenters. The zero-order valence-corrected chi connectivity index (χ0v) is 20.7. The first-order valence-corrected chi connectivity index (χ1v) is 12.5. The minimum absolute atomic E-state index is 0.383. The second-order valence-corrected chi connectivity index (χ2v) is 8.89. The van der Waals surface area contributed by atoms with Crippen LogP contribution in [0.3, 0.4) is 0 Å². The van der Waals surface area contributed by atoms with Crippen LogP contribution in [0.1, 0.15) is 86.0 Å². The van der Waals surface area contributed by atoms with Crippen LogP contribution in [0.15, 0.2) is 54.6 Å². The summed E-state index contributed by atoms with van der Waals surface area (Å²) in [5.74, 6) is 0. The monoisotopic (exact) mass is 428 g/mol. The summed E-state index contributed by atoms with van der Waals surface area (Å²) >= 11 is 0. The molecule has 32 heavy (non-hydrogen) atoms. The van der Waals surface area contributed by atoms with Crippen molar-refractivity contribution in [1.82, 2.24) is 10.3 Å². The van der Waals surface area contributed by atoms with E-state index in [1.807, 2.05) is 0 Å². The molecule has 170 valence electrons. The molecule has 0 amide bonds. The molecule has 1 heterocycles. The van der Waals surface area contributed by atoms with Crippen LogP contribution >= 0.6 is 0 Å². The number of benzene rings is 2. The molecule has 0 aliphatic rings. The molecule has 1 unspecified atom stereocenters. The first-order chi connectivity index (χ1) is 15.6. The molecule has 3 aromatic rings. The van der Waals surface area contributed by atoms with Gasteiger partial charge >= 0.3 is 0 Å². The van der Waals surface area contributed by atoms with Crippen molar-refractivity contribution < 1.29 is 0 Å². The maximum absolute atomic E-state index is 5.11. The molecule has 2 nitrogen and oxygen atoms in total. The van der Waals surface area contributed by atoms with Crippen LogP contribution in [0.25, 0.3) is 11.3 Å². The molecular formula is C30H40N2. The zero-order valence-electron chi connectivity index (χ0n) is 20.7. The molecule has 0 fully saturated rings. The fraction of sp³-hybridized carbons (Fsp3) is 0.433. The molecule has 2 heteroatoms. The van der Waals surface area contributed by atoms with Crippen LogP contribution in [0, 0.1) is 13.8 Å². The maximum Gasteiger partial charge on any atom is 0.0713 e. The SMILES string of the molecule is CCCCCC(NCc1c(C)cc(-c2c(CC)cccc2CC)nc1C)c1ccccc1. The minimum Gasteiger partial charge on any atom is -0.306 e. The van der Waals surface area contributed by atoms with Gasteiger partial charge in [-0.05, 0) is 67.0 Å². The van der Waals surface area contributed by atoms with Crippen LogP contribution in [0.5, 0.6) is 0 Å². The molecule has 1 aromatic heterocycles. The van der Waals surface area contributed by atoms with Gasteiger partial charge in [0.2, 0.25) is 0 Å². The van der Waals surface area contributed by atoms with Gasteiger partial charge in [-0.15, -0.1) is 0 Å². The lowest BCUT2D eigenvalue weighted by Crippen LogP contribution is -2.22. The fourth-order valence-electron chi connectivity index (χ4n) is 4.72. The lowest BCUT2D eigenvalue weighted by molar-refractivity contribution is 0.472. The molecule has 3 rings (SSSR count).